The topological polar surface area (TPSA) is 176 Å². The van der Waals surface area contributed by atoms with Crippen LogP contribution < -0.4 is 26.4 Å². The number of nitrogens with one attached hydrogen (secondary N) is 3. The van der Waals surface area contributed by atoms with Gasteiger partial charge in [-0.15, -0.1) is 11.3 Å². The van der Waals surface area contributed by atoms with Gasteiger partial charge in [0, 0.05) is 31.6 Å². The van der Waals surface area contributed by atoms with Crippen molar-refractivity contribution in [1.82, 2.24) is 25.8 Å². The minimum absolute atomic E-state index is 0.00531. The van der Waals surface area contributed by atoms with Crippen LogP contribution in [-0.2, 0) is 25.7 Å². The zero-order valence-corrected chi connectivity index (χ0v) is 27.0. The highest BCUT2D eigenvalue weighted by Crippen LogP contribution is 2.40. The summed E-state index contributed by atoms with van der Waals surface area (Å²) in [7, 11) is 0. The van der Waals surface area contributed by atoms with E-state index in [2.05, 4.69) is 20.9 Å². The van der Waals surface area contributed by atoms with Crippen LogP contribution in [0.25, 0.3) is 10.4 Å². The number of carbonyl (C=O) groups is 4. The quantitative estimate of drug-likeness (QED) is 0.204. The fourth-order valence-electron chi connectivity index (χ4n) is 5.10. The minimum Gasteiger partial charge on any atom is -0.483 e. The number of aliphatic hydroxyl groups excluding tert-OH is 1. The van der Waals surface area contributed by atoms with Gasteiger partial charge in [0.25, 0.3) is 11.8 Å². The van der Waals surface area contributed by atoms with E-state index in [1.807, 2.05) is 13.0 Å². The monoisotopic (exact) mass is 646 g/mol. The fraction of sp³-hybridized carbons (Fsp3) is 0.581. The molecule has 0 radical (unpaired) electrons. The molecule has 14 heteroatoms. The summed E-state index contributed by atoms with van der Waals surface area (Å²) in [6, 6.07) is 3.35. The maximum atomic E-state index is 14.5. The number of thiazole rings is 1. The van der Waals surface area contributed by atoms with Crippen LogP contribution in [0.4, 0.5) is 4.39 Å². The standard InChI is InChI=1S/C31H43FN6O6S/c1-18-25(45-17-36-18)19-6-7-20(23(12-19)44-16-24(40)34-11-5-10-33)14-35-27(41)22-13-21(39)15-38(22)28(42)26(30(2,3)4)37-29(43)31(32)8-9-31/h6-7,12,17,21-22,26,39H,5,8-11,13-16,33H2,1-4H3,(H,34,40)(H,35,41)(H,37,43)/t21-,22+,26-/m1/s1. The average Bonchev–Trinajstić information content (AvgIpc) is 3.39. The summed E-state index contributed by atoms with van der Waals surface area (Å²) in [5, 5.41) is 18.6. The lowest BCUT2D eigenvalue weighted by atomic mass is 9.85. The summed E-state index contributed by atoms with van der Waals surface area (Å²) < 4.78 is 20.4. The number of nitrogens with zero attached hydrogens (tertiary/aromatic N) is 2. The molecule has 0 bridgehead atoms. The van der Waals surface area contributed by atoms with Gasteiger partial charge in [-0.2, -0.15) is 0 Å². The fourth-order valence-corrected chi connectivity index (χ4v) is 5.90. The van der Waals surface area contributed by atoms with Crippen LogP contribution in [0.1, 0.15) is 57.7 Å². The lowest BCUT2D eigenvalue weighted by molar-refractivity contribution is -0.145. The molecule has 1 aromatic carbocycles. The van der Waals surface area contributed by atoms with E-state index in [0.717, 1.165) is 16.1 Å². The van der Waals surface area contributed by atoms with E-state index >= 15 is 0 Å². The lowest BCUT2D eigenvalue weighted by Crippen LogP contribution is -2.59. The Balaban J connectivity index is 1.48. The zero-order valence-electron chi connectivity index (χ0n) is 26.2. The molecule has 6 N–H and O–H groups in total. The number of benzene rings is 1. The molecule has 0 unspecified atom stereocenters. The number of ether oxygens (including phenoxy) is 1. The number of carbonyl (C=O) groups excluding carboxylic acids is 4. The molecule has 246 valence electrons. The Morgan fingerprint density at radius 2 is 1.98 bits per heavy atom. The van der Waals surface area contributed by atoms with Crippen molar-refractivity contribution >= 4 is 35.0 Å². The number of halogens is 1. The summed E-state index contributed by atoms with van der Waals surface area (Å²) >= 11 is 1.47. The van der Waals surface area contributed by atoms with Crippen molar-refractivity contribution in [2.45, 2.75) is 83.8 Å². The van der Waals surface area contributed by atoms with Crippen LogP contribution in [0, 0.1) is 12.3 Å². The Morgan fingerprint density at radius 3 is 2.60 bits per heavy atom. The van der Waals surface area contributed by atoms with Crippen LogP contribution >= 0.6 is 11.3 Å². The molecule has 1 aliphatic carbocycles. The molecular weight excluding hydrogens is 603 g/mol. The van der Waals surface area contributed by atoms with E-state index in [0.29, 0.717) is 30.8 Å². The number of aryl methyl sites for hydroxylation is 1. The van der Waals surface area contributed by atoms with Gasteiger partial charge in [0.1, 0.15) is 17.8 Å². The highest BCUT2D eigenvalue weighted by atomic mass is 32.1. The molecule has 3 atom stereocenters. The molecule has 2 aliphatic rings. The second-order valence-electron chi connectivity index (χ2n) is 12.7. The first-order valence-electron chi connectivity index (χ1n) is 15.1. The third-order valence-electron chi connectivity index (χ3n) is 7.94. The molecule has 2 fully saturated rings. The van der Waals surface area contributed by atoms with Gasteiger partial charge < -0.3 is 36.4 Å². The third kappa shape index (κ3) is 8.56. The van der Waals surface area contributed by atoms with E-state index in [1.54, 1.807) is 38.4 Å². The van der Waals surface area contributed by atoms with Crippen molar-refractivity contribution in [3.05, 3.63) is 35.0 Å². The number of likely N-dealkylation sites (tertiary alicyclic amines) is 1. The van der Waals surface area contributed by atoms with Gasteiger partial charge in [0.2, 0.25) is 11.8 Å². The molecule has 1 saturated heterocycles. The van der Waals surface area contributed by atoms with E-state index in [-0.39, 0.29) is 44.9 Å². The summed E-state index contributed by atoms with van der Waals surface area (Å²) in [4.78, 5) is 58.5. The highest BCUT2D eigenvalue weighted by Gasteiger charge is 2.53. The van der Waals surface area contributed by atoms with Crippen molar-refractivity contribution in [3.63, 3.8) is 0 Å². The molecule has 12 nitrogen and oxygen atoms in total. The van der Waals surface area contributed by atoms with Crippen molar-refractivity contribution < 1.29 is 33.4 Å². The van der Waals surface area contributed by atoms with Crippen LogP contribution in [-0.4, -0.2) is 88.7 Å². The molecule has 1 aromatic heterocycles. The summed E-state index contributed by atoms with van der Waals surface area (Å²) in [6.07, 6.45) is -0.0983. The van der Waals surface area contributed by atoms with Gasteiger partial charge in [0.15, 0.2) is 12.3 Å². The second-order valence-corrected chi connectivity index (χ2v) is 13.6. The SMILES string of the molecule is Cc1ncsc1-c1ccc(CNC(=O)[C@@H]2C[C@@H](O)CN2C(=O)[C@@H](NC(=O)C2(F)CC2)C(C)(C)C)c(OCC(=O)NCCCN)c1. The molecule has 45 heavy (non-hydrogen) atoms. The first-order valence-corrected chi connectivity index (χ1v) is 16.0. The first-order chi connectivity index (χ1) is 21.2. The second kappa shape index (κ2) is 14.2. The van der Waals surface area contributed by atoms with Gasteiger partial charge in [-0.05, 0) is 49.8 Å². The number of amides is 4. The summed E-state index contributed by atoms with van der Waals surface area (Å²) in [5.74, 6) is -1.83. The molecular formula is C31H43FN6O6S. The van der Waals surface area contributed by atoms with Crippen molar-refractivity contribution in [1.29, 1.82) is 0 Å². The number of hydrogen-bond donors (Lipinski definition) is 5. The Kier molecular flexibility index (Phi) is 10.8. The smallest absolute Gasteiger partial charge is 0.258 e. The van der Waals surface area contributed by atoms with Gasteiger partial charge in [-0.1, -0.05) is 32.9 Å². The van der Waals surface area contributed by atoms with Crippen LogP contribution in [0.3, 0.4) is 0 Å². The molecule has 2 heterocycles. The first kappa shape index (κ1) is 34.3. The van der Waals surface area contributed by atoms with Crippen molar-refractivity contribution in [3.8, 4) is 16.2 Å². The number of alkyl halides is 1. The van der Waals surface area contributed by atoms with Gasteiger partial charge in [-0.3, -0.25) is 19.2 Å². The Labute approximate surface area is 266 Å². The van der Waals surface area contributed by atoms with Gasteiger partial charge >= 0.3 is 0 Å². The molecule has 1 saturated carbocycles. The molecule has 1 aliphatic heterocycles. The average molecular weight is 647 g/mol. The number of aromatic nitrogens is 1. The number of nitrogens with two attached hydrogens (primary N) is 1. The number of β-amino-alcohol motifs (C(OH)–C–C–N with tert-alkyl or cyclic N) is 1. The minimum atomic E-state index is -1.97. The molecule has 4 amide bonds. The van der Waals surface area contributed by atoms with E-state index in [1.165, 1.54) is 16.2 Å². The Hall–Kier alpha value is -3.62. The zero-order chi connectivity index (χ0) is 32.9. The predicted molar refractivity (Wildman–Crippen MR) is 167 cm³/mol. The van der Waals surface area contributed by atoms with Crippen LogP contribution in [0.15, 0.2) is 23.7 Å². The highest BCUT2D eigenvalue weighted by molar-refractivity contribution is 7.13. The maximum absolute atomic E-state index is 14.5. The van der Waals surface area contributed by atoms with E-state index in [9.17, 15) is 28.7 Å². The Bertz CT molecular complexity index is 1410. The Morgan fingerprint density at radius 1 is 1.24 bits per heavy atom. The van der Waals surface area contributed by atoms with E-state index in [4.69, 9.17) is 10.5 Å². The van der Waals surface area contributed by atoms with Crippen LogP contribution in [0.5, 0.6) is 5.75 Å². The molecule has 2 aromatic rings. The number of aliphatic hydroxyl groups is 1. The lowest BCUT2D eigenvalue weighted by Gasteiger charge is -2.35. The molecule has 0 spiro atoms. The van der Waals surface area contributed by atoms with Crippen molar-refractivity contribution in [2.75, 3.05) is 26.2 Å². The molecule has 4 rings (SSSR count). The van der Waals surface area contributed by atoms with Crippen LogP contribution in [0.2, 0.25) is 0 Å². The number of hydrogen-bond acceptors (Lipinski definition) is 9. The summed E-state index contributed by atoms with van der Waals surface area (Å²) in [5.41, 5.74) is 6.77. The van der Waals surface area contributed by atoms with Gasteiger partial charge in [-0.25, -0.2) is 9.37 Å². The normalized spacial score (nSPS) is 19.5. The largest absolute Gasteiger partial charge is 0.483 e. The third-order valence-corrected chi connectivity index (χ3v) is 8.92. The van der Waals surface area contributed by atoms with Gasteiger partial charge in [0.05, 0.1) is 22.2 Å². The predicted octanol–water partition coefficient (Wildman–Crippen LogP) is 1.57. The van der Waals surface area contributed by atoms with E-state index < -0.39 is 47.0 Å². The van der Waals surface area contributed by atoms with Crippen molar-refractivity contribution in [2.24, 2.45) is 11.1 Å². The maximum Gasteiger partial charge on any atom is 0.258 e. The number of rotatable bonds is 13. The summed E-state index contributed by atoms with van der Waals surface area (Å²) in [6.45, 7) is 7.68.